The highest BCUT2D eigenvalue weighted by Gasteiger charge is 2.25. The van der Waals surface area contributed by atoms with Gasteiger partial charge in [-0.2, -0.15) is 4.98 Å². The number of hydrogen-bond donors (Lipinski definition) is 1. The fourth-order valence-corrected chi connectivity index (χ4v) is 1.82. The first-order chi connectivity index (χ1) is 9.97. The lowest BCUT2D eigenvalue weighted by Crippen LogP contribution is -2.10. The maximum atomic E-state index is 11.3. The van der Waals surface area contributed by atoms with Crippen LogP contribution in [-0.2, 0) is 0 Å². The summed E-state index contributed by atoms with van der Waals surface area (Å²) in [6.45, 7) is 3.52. The molecule has 0 amide bonds. The second-order valence-electron chi connectivity index (χ2n) is 4.44. The molecule has 0 aliphatic carbocycles. The molecule has 1 N–H and O–H groups in total. The van der Waals surface area contributed by atoms with Gasteiger partial charge in [-0.3, -0.25) is 10.1 Å². The van der Waals surface area contributed by atoms with Crippen LogP contribution in [0, 0.1) is 10.1 Å². The van der Waals surface area contributed by atoms with Crippen molar-refractivity contribution in [1.29, 1.82) is 0 Å². The van der Waals surface area contributed by atoms with Gasteiger partial charge in [-0.25, -0.2) is 4.98 Å². The van der Waals surface area contributed by atoms with E-state index in [-0.39, 0.29) is 23.5 Å². The Hall–Kier alpha value is -2.41. The maximum Gasteiger partial charge on any atom is 0.373 e. The van der Waals surface area contributed by atoms with Crippen molar-refractivity contribution in [2.45, 2.75) is 20.0 Å². The summed E-state index contributed by atoms with van der Waals surface area (Å²) in [6.07, 6.45) is 0.968. The number of nitrogens with zero attached hydrogens (tertiary/aromatic N) is 3. The zero-order valence-electron chi connectivity index (χ0n) is 11.4. The van der Waals surface area contributed by atoms with Crippen LogP contribution in [0.3, 0.4) is 0 Å². The van der Waals surface area contributed by atoms with E-state index in [9.17, 15) is 10.1 Å². The van der Waals surface area contributed by atoms with E-state index < -0.39 is 4.92 Å². The Morgan fingerprint density at radius 1 is 1.38 bits per heavy atom. The number of nitrogens with one attached hydrogen (secondary N) is 1. The summed E-state index contributed by atoms with van der Waals surface area (Å²) in [4.78, 5) is 18.4. The molecule has 0 fully saturated rings. The Kier molecular flexibility index (Phi) is 4.54. The Morgan fingerprint density at radius 3 is 2.76 bits per heavy atom. The molecular weight excluding hydrogens is 296 g/mol. The normalized spacial score (nSPS) is 10.5. The average molecular weight is 309 g/mol. The van der Waals surface area contributed by atoms with Gasteiger partial charge in [0.2, 0.25) is 5.82 Å². The molecule has 0 aliphatic heterocycles. The first kappa shape index (κ1) is 15.0. The molecule has 1 aromatic carbocycles. The fourth-order valence-electron chi connectivity index (χ4n) is 1.63. The van der Waals surface area contributed by atoms with Crippen molar-refractivity contribution in [1.82, 2.24) is 9.97 Å². The Labute approximate surface area is 126 Å². The molecule has 0 unspecified atom stereocenters. The summed E-state index contributed by atoms with van der Waals surface area (Å²) in [6, 6.07) is 6.79. The van der Waals surface area contributed by atoms with E-state index in [2.05, 4.69) is 15.3 Å². The number of halogens is 1. The summed E-state index contributed by atoms with van der Waals surface area (Å²) in [5.41, 5.74) is 0.269. The SMILES string of the molecule is CC(C)Oc1ncnc(Nc2cccc(Cl)c2)c1[N+](=O)[O-]. The van der Waals surface area contributed by atoms with Crippen molar-refractivity contribution in [2.75, 3.05) is 5.32 Å². The van der Waals surface area contributed by atoms with Gasteiger partial charge in [-0.05, 0) is 32.0 Å². The third-order valence-electron chi connectivity index (χ3n) is 2.41. The second kappa shape index (κ2) is 6.36. The van der Waals surface area contributed by atoms with Gasteiger partial charge in [0.25, 0.3) is 5.88 Å². The topological polar surface area (TPSA) is 90.2 Å². The van der Waals surface area contributed by atoms with Gasteiger partial charge in [0, 0.05) is 10.7 Å². The lowest BCUT2D eigenvalue weighted by Gasteiger charge is -2.11. The Morgan fingerprint density at radius 2 is 2.14 bits per heavy atom. The van der Waals surface area contributed by atoms with Crippen LogP contribution in [-0.4, -0.2) is 21.0 Å². The minimum Gasteiger partial charge on any atom is -0.470 e. The van der Waals surface area contributed by atoms with Crippen molar-refractivity contribution in [2.24, 2.45) is 0 Å². The Bertz CT molecular complexity index is 664. The molecule has 110 valence electrons. The van der Waals surface area contributed by atoms with Crippen LogP contribution in [0.15, 0.2) is 30.6 Å². The van der Waals surface area contributed by atoms with E-state index >= 15 is 0 Å². The third kappa shape index (κ3) is 3.79. The fraction of sp³-hybridized carbons (Fsp3) is 0.231. The van der Waals surface area contributed by atoms with E-state index in [4.69, 9.17) is 16.3 Å². The molecule has 0 saturated carbocycles. The molecule has 0 saturated heterocycles. The van der Waals surface area contributed by atoms with Crippen LogP contribution < -0.4 is 10.1 Å². The number of aromatic nitrogens is 2. The molecule has 2 aromatic rings. The predicted molar refractivity (Wildman–Crippen MR) is 79.2 cm³/mol. The molecule has 0 aliphatic rings. The highest BCUT2D eigenvalue weighted by atomic mass is 35.5. The number of anilines is 2. The molecule has 2 rings (SSSR count). The number of ether oxygens (including phenoxy) is 1. The van der Waals surface area contributed by atoms with Gasteiger partial charge in [0.05, 0.1) is 11.0 Å². The van der Waals surface area contributed by atoms with Crippen LogP contribution in [0.1, 0.15) is 13.8 Å². The lowest BCUT2D eigenvalue weighted by atomic mass is 10.3. The van der Waals surface area contributed by atoms with Gasteiger partial charge >= 0.3 is 5.69 Å². The van der Waals surface area contributed by atoms with Crippen molar-refractivity contribution in [3.05, 3.63) is 45.7 Å². The van der Waals surface area contributed by atoms with Gasteiger partial charge in [0.1, 0.15) is 6.33 Å². The lowest BCUT2D eigenvalue weighted by molar-refractivity contribution is -0.385. The van der Waals surface area contributed by atoms with Gasteiger partial charge < -0.3 is 10.1 Å². The summed E-state index contributed by atoms with van der Waals surface area (Å²) < 4.78 is 5.35. The summed E-state index contributed by atoms with van der Waals surface area (Å²) in [5, 5.41) is 14.6. The molecule has 21 heavy (non-hydrogen) atoms. The molecule has 1 aromatic heterocycles. The highest BCUT2D eigenvalue weighted by Crippen LogP contribution is 2.33. The zero-order valence-corrected chi connectivity index (χ0v) is 12.2. The second-order valence-corrected chi connectivity index (χ2v) is 4.87. The van der Waals surface area contributed by atoms with E-state index in [1.807, 2.05) is 0 Å². The zero-order chi connectivity index (χ0) is 15.4. The monoisotopic (exact) mass is 308 g/mol. The molecule has 0 radical (unpaired) electrons. The maximum absolute atomic E-state index is 11.3. The minimum absolute atomic E-state index is 0.0490. The van der Waals surface area contributed by atoms with E-state index in [0.717, 1.165) is 0 Å². The Balaban J connectivity index is 2.41. The third-order valence-corrected chi connectivity index (χ3v) is 2.64. The number of hydrogen-bond acceptors (Lipinski definition) is 6. The smallest absolute Gasteiger partial charge is 0.373 e. The first-order valence-corrected chi connectivity index (χ1v) is 6.54. The summed E-state index contributed by atoms with van der Waals surface area (Å²) in [7, 11) is 0. The number of rotatable bonds is 5. The van der Waals surface area contributed by atoms with Crippen molar-refractivity contribution < 1.29 is 9.66 Å². The molecule has 0 bridgehead atoms. The average Bonchev–Trinajstić information content (AvgIpc) is 2.37. The summed E-state index contributed by atoms with van der Waals surface area (Å²) in [5.74, 6) is -0.0255. The van der Waals surface area contributed by atoms with Gasteiger partial charge in [-0.15, -0.1) is 0 Å². The van der Waals surface area contributed by atoms with Crippen molar-refractivity contribution in [3.8, 4) is 5.88 Å². The van der Waals surface area contributed by atoms with Gasteiger partial charge in [-0.1, -0.05) is 17.7 Å². The number of nitro groups is 1. The highest BCUT2D eigenvalue weighted by molar-refractivity contribution is 6.30. The van der Waals surface area contributed by atoms with E-state index in [1.54, 1.807) is 38.1 Å². The molecule has 7 nitrogen and oxygen atoms in total. The van der Waals surface area contributed by atoms with Gasteiger partial charge in [0.15, 0.2) is 0 Å². The molecular formula is C13H13ClN4O3. The number of benzene rings is 1. The largest absolute Gasteiger partial charge is 0.470 e. The predicted octanol–water partition coefficient (Wildman–Crippen LogP) is 3.57. The van der Waals surface area contributed by atoms with Crippen LogP contribution >= 0.6 is 11.6 Å². The standard InChI is InChI=1S/C13H13ClN4O3/c1-8(2)21-13-11(18(19)20)12(15-7-16-13)17-10-5-3-4-9(14)6-10/h3-8H,1-2H3,(H,15,16,17). The van der Waals surface area contributed by atoms with E-state index in [0.29, 0.717) is 10.7 Å². The van der Waals surface area contributed by atoms with Crippen LogP contribution in [0.25, 0.3) is 0 Å². The van der Waals surface area contributed by atoms with Crippen LogP contribution in [0.2, 0.25) is 5.02 Å². The molecule has 8 heteroatoms. The van der Waals surface area contributed by atoms with Crippen LogP contribution in [0.4, 0.5) is 17.2 Å². The molecule has 0 atom stereocenters. The minimum atomic E-state index is -0.579. The molecule has 1 heterocycles. The van der Waals surface area contributed by atoms with Crippen LogP contribution in [0.5, 0.6) is 5.88 Å². The van der Waals surface area contributed by atoms with Crippen molar-refractivity contribution in [3.63, 3.8) is 0 Å². The quantitative estimate of drug-likeness (QED) is 0.670. The first-order valence-electron chi connectivity index (χ1n) is 6.16. The summed E-state index contributed by atoms with van der Waals surface area (Å²) >= 11 is 5.88. The van der Waals surface area contributed by atoms with Crippen molar-refractivity contribution >= 4 is 28.8 Å². The van der Waals surface area contributed by atoms with E-state index in [1.165, 1.54) is 6.33 Å². The molecule has 0 spiro atoms.